The van der Waals surface area contributed by atoms with E-state index in [1.807, 2.05) is 0 Å². The number of piperidine rings is 1. The lowest BCUT2D eigenvalue weighted by Gasteiger charge is -2.38. The molecule has 0 spiro atoms. The summed E-state index contributed by atoms with van der Waals surface area (Å²) in [7, 11) is 0. The average molecular weight is 283 g/mol. The highest BCUT2D eigenvalue weighted by molar-refractivity contribution is 4.98. The van der Waals surface area contributed by atoms with Crippen molar-refractivity contribution >= 4 is 0 Å². The quantitative estimate of drug-likeness (QED) is 0.779. The topological polar surface area (TPSA) is 32.3 Å². The van der Waals surface area contributed by atoms with Crippen molar-refractivity contribution in [2.75, 3.05) is 13.1 Å². The average Bonchev–Trinajstić information content (AvgIpc) is 2.14. The summed E-state index contributed by atoms with van der Waals surface area (Å²) in [6.45, 7) is -0.0416. The van der Waals surface area contributed by atoms with E-state index in [-0.39, 0.29) is 12.8 Å². The van der Waals surface area contributed by atoms with E-state index in [1.165, 1.54) is 0 Å². The summed E-state index contributed by atoms with van der Waals surface area (Å²) in [6, 6.07) is 0. The Balaban J connectivity index is 2.86. The Morgan fingerprint density at radius 3 is 2.00 bits per heavy atom. The molecule has 0 aliphatic carbocycles. The van der Waals surface area contributed by atoms with E-state index >= 15 is 0 Å². The molecule has 0 saturated carbocycles. The normalized spacial score (nSPS) is 27.3. The van der Waals surface area contributed by atoms with E-state index in [2.05, 4.69) is 5.32 Å². The van der Waals surface area contributed by atoms with Crippen molar-refractivity contribution < 1.29 is 35.8 Å². The van der Waals surface area contributed by atoms with Gasteiger partial charge in [0.2, 0.25) is 0 Å². The van der Waals surface area contributed by atoms with E-state index < -0.39 is 36.6 Å². The molecule has 0 bridgehead atoms. The number of aliphatic hydroxyl groups is 1. The second-order valence-electron chi connectivity index (χ2n) is 4.46. The Hall–Kier alpha value is -0.570. The van der Waals surface area contributed by atoms with Crippen LogP contribution in [0.5, 0.6) is 0 Å². The molecule has 0 aromatic heterocycles. The van der Waals surface area contributed by atoms with Gasteiger partial charge in [0.15, 0.2) is 0 Å². The Morgan fingerprint density at radius 2 is 1.61 bits per heavy atom. The molecule has 108 valence electrons. The molecule has 18 heavy (non-hydrogen) atoms. The van der Waals surface area contributed by atoms with E-state index in [0.29, 0.717) is 6.54 Å². The summed E-state index contributed by atoms with van der Waals surface area (Å²) < 4.78 is 87.0. The molecule has 1 rings (SSSR count). The fourth-order valence-corrected chi connectivity index (χ4v) is 1.83. The Morgan fingerprint density at radius 1 is 1.06 bits per heavy atom. The third-order valence-electron chi connectivity index (χ3n) is 2.82. The van der Waals surface area contributed by atoms with Crippen LogP contribution in [0.3, 0.4) is 0 Å². The molecule has 0 radical (unpaired) electrons. The van der Waals surface area contributed by atoms with Gasteiger partial charge in [-0.1, -0.05) is 0 Å². The van der Waals surface area contributed by atoms with Crippen LogP contribution in [-0.2, 0) is 0 Å². The van der Waals surface area contributed by atoms with Crippen LogP contribution in [0.4, 0.5) is 30.7 Å². The Kier molecular flexibility index (Phi) is 3.89. The van der Waals surface area contributed by atoms with Gasteiger partial charge in [0.25, 0.3) is 0 Å². The first kappa shape index (κ1) is 15.5. The Labute approximate surface area is 98.2 Å². The minimum Gasteiger partial charge on any atom is -0.388 e. The van der Waals surface area contributed by atoms with E-state index in [4.69, 9.17) is 0 Å². The molecule has 0 aromatic rings. The van der Waals surface area contributed by atoms with E-state index in [1.54, 1.807) is 0 Å². The summed E-state index contributed by atoms with van der Waals surface area (Å²) in [5.74, 6) is -11.5. The lowest BCUT2D eigenvalue weighted by Crippen LogP contribution is -2.57. The third kappa shape index (κ3) is 2.87. The summed E-state index contributed by atoms with van der Waals surface area (Å²) in [5.41, 5.74) is -2.25. The van der Waals surface area contributed by atoms with Crippen LogP contribution >= 0.6 is 0 Å². The van der Waals surface area contributed by atoms with E-state index in [9.17, 15) is 35.8 Å². The van der Waals surface area contributed by atoms with Crippen LogP contribution in [0.2, 0.25) is 0 Å². The first-order valence-corrected chi connectivity index (χ1v) is 5.17. The lowest BCUT2D eigenvalue weighted by molar-refractivity contribution is -0.361. The van der Waals surface area contributed by atoms with Gasteiger partial charge in [0.05, 0.1) is 5.60 Å². The number of nitrogens with one attached hydrogen (secondary N) is 1. The standard InChI is InChI=1S/C9H12F7NO/c10-7(11,8(12,13)9(14,15)16)4-6(18)2-1-3-17-5-6/h17-18H,1-5H2. The molecule has 2 N–H and O–H groups in total. The van der Waals surface area contributed by atoms with Gasteiger partial charge < -0.3 is 10.4 Å². The molecule has 0 amide bonds. The molecule has 1 saturated heterocycles. The zero-order valence-corrected chi connectivity index (χ0v) is 9.13. The minimum atomic E-state index is -6.35. The van der Waals surface area contributed by atoms with Gasteiger partial charge >= 0.3 is 18.0 Å². The van der Waals surface area contributed by atoms with Gasteiger partial charge in [0, 0.05) is 13.0 Å². The fourth-order valence-electron chi connectivity index (χ4n) is 1.83. The van der Waals surface area contributed by atoms with Gasteiger partial charge in [0.1, 0.15) is 0 Å². The maximum absolute atomic E-state index is 13.1. The number of halogens is 7. The number of hydrogen-bond donors (Lipinski definition) is 2. The molecule has 1 aliphatic rings. The van der Waals surface area contributed by atoms with Gasteiger partial charge in [-0.05, 0) is 19.4 Å². The molecule has 1 heterocycles. The van der Waals surface area contributed by atoms with Crippen LogP contribution in [-0.4, -0.2) is 41.8 Å². The number of hydrogen-bond acceptors (Lipinski definition) is 2. The molecule has 0 aromatic carbocycles. The van der Waals surface area contributed by atoms with Crippen molar-refractivity contribution in [3.05, 3.63) is 0 Å². The van der Waals surface area contributed by atoms with Crippen LogP contribution < -0.4 is 5.32 Å². The predicted molar refractivity (Wildman–Crippen MR) is 47.6 cm³/mol. The van der Waals surface area contributed by atoms with Crippen LogP contribution in [0, 0.1) is 0 Å². The lowest BCUT2D eigenvalue weighted by atomic mass is 9.86. The highest BCUT2D eigenvalue weighted by Gasteiger charge is 2.73. The Bertz CT molecular complexity index is 296. The predicted octanol–water partition coefficient (Wildman–Crippen LogP) is 2.32. The number of rotatable bonds is 3. The number of alkyl halides is 7. The maximum atomic E-state index is 13.1. The summed E-state index contributed by atoms with van der Waals surface area (Å²) in [5, 5.41) is 12.1. The third-order valence-corrected chi connectivity index (χ3v) is 2.82. The van der Waals surface area contributed by atoms with Gasteiger partial charge in [-0.25, -0.2) is 0 Å². The second kappa shape index (κ2) is 4.52. The monoisotopic (exact) mass is 283 g/mol. The molecule has 1 aliphatic heterocycles. The maximum Gasteiger partial charge on any atom is 0.459 e. The summed E-state index contributed by atoms with van der Waals surface area (Å²) in [6.07, 6.45) is -8.30. The first-order chi connectivity index (χ1) is 7.91. The smallest absolute Gasteiger partial charge is 0.388 e. The summed E-state index contributed by atoms with van der Waals surface area (Å²) in [4.78, 5) is 0. The molecule has 1 fully saturated rings. The van der Waals surface area contributed by atoms with Crippen molar-refractivity contribution in [1.29, 1.82) is 0 Å². The molecule has 9 heteroatoms. The van der Waals surface area contributed by atoms with Crippen molar-refractivity contribution in [3.8, 4) is 0 Å². The largest absolute Gasteiger partial charge is 0.459 e. The van der Waals surface area contributed by atoms with Crippen molar-refractivity contribution in [2.24, 2.45) is 0 Å². The SMILES string of the molecule is OC1(CC(F)(F)C(F)(F)C(F)(F)F)CCCNC1. The molecule has 1 atom stereocenters. The van der Waals surface area contributed by atoms with Gasteiger partial charge in [-0.15, -0.1) is 0 Å². The minimum absolute atomic E-state index is 0.226. The molecular formula is C9H12F7NO. The highest BCUT2D eigenvalue weighted by Crippen LogP contribution is 2.50. The fraction of sp³-hybridized carbons (Fsp3) is 1.00. The van der Waals surface area contributed by atoms with Gasteiger partial charge in [-0.2, -0.15) is 30.7 Å². The molecule has 1 unspecified atom stereocenters. The summed E-state index contributed by atoms with van der Waals surface area (Å²) >= 11 is 0. The van der Waals surface area contributed by atoms with Crippen LogP contribution in [0.25, 0.3) is 0 Å². The zero-order chi connectivity index (χ0) is 14.2. The molecule has 2 nitrogen and oxygen atoms in total. The first-order valence-electron chi connectivity index (χ1n) is 5.17. The van der Waals surface area contributed by atoms with Crippen molar-refractivity contribution in [2.45, 2.75) is 42.9 Å². The van der Waals surface area contributed by atoms with Crippen molar-refractivity contribution in [1.82, 2.24) is 5.32 Å². The number of β-amino-alcohol motifs (C(OH)–C–C–N with tert-alkyl or cyclic N) is 1. The van der Waals surface area contributed by atoms with E-state index in [0.717, 1.165) is 0 Å². The van der Waals surface area contributed by atoms with Crippen LogP contribution in [0.15, 0.2) is 0 Å². The van der Waals surface area contributed by atoms with Crippen molar-refractivity contribution in [3.63, 3.8) is 0 Å². The highest BCUT2D eigenvalue weighted by atomic mass is 19.4. The van der Waals surface area contributed by atoms with Gasteiger partial charge in [-0.3, -0.25) is 0 Å². The zero-order valence-electron chi connectivity index (χ0n) is 9.13. The molecular weight excluding hydrogens is 271 g/mol. The second-order valence-corrected chi connectivity index (χ2v) is 4.46. The van der Waals surface area contributed by atoms with Crippen LogP contribution in [0.1, 0.15) is 19.3 Å².